The monoisotopic (exact) mass is 442 g/mol. The first-order valence-electron chi connectivity index (χ1n) is 10.6. The molecule has 166 valence electrons. The van der Waals surface area contributed by atoms with E-state index in [1.54, 1.807) is 14.2 Å². The molecule has 0 aliphatic carbocycles. The third-order valence-electron chi connectivity index (χ3n) is 5.13. The molecule has 0 saturated heterocycles. The zero-order chi connectivity index (χ0) is 22.2. The Labute approximate surface area is 189 Å². The second-order valence-electron chi connectivity index (χ2n) is 7.77. The van der Waals surface area contributed by atoms with Gasteiger partial charge in [-0.25, -0.2) is 9.97 Å². The summed E-state index contributed by atoms with van der Waals surface area (Å²) in [6, 6.07) is 11.4. The van der Waals surface area contributed by atoms with Crippen molar-refractivity contribution in [3.8, 4) is 22.9 Å². The van der Waals surface area contributed by atoms with Crippen LogP contribution in [-0.4, -0.2) is 56.3 Å². The normalized spacial score (nSPS) is 11.2. The van der Waals surface area contributed by atoms with Gasteiger partial charge < -0.3 is 19.7 Å². The number of fused-ring (bicyclic) bond motifs is 1. The van der Waals surface area contributed by atoms with Gasteiger partial charge >= 0.3 is 0 Å². The quantitative estimate of drug-likeness (QED) is 0.395. The van der Waals surface area contributed by atoms with Crippen LogP contribution < -0.4 is 14.8 Å². The van der Waals surface area contributed by atoms with Crippen LogP contribution in [0.3, 0.4) is 0 Å². The molecule has 31 heavy (non-hydrogen) atoms. The molecular weight excluding hydrogens is 412 g/mol. The lowest BCUT2D eigenvalue weighted by Crippen LogP contribution is -2.12. The third kappa shape index (κ3) is 6.21. The number of nitrogens with one attached hydrogen (secondary N) is 1. The number of ether oxygens (including phenoxy) is 2. The van der Waals surface area contributed by atoms with Crippen molar-refractivity contribution < 1.29 is 9.47 Å². The maximum Gasteiger partial charge on any atom is 0.162 e. The summed E-state index contributed by atoms with van der Waals surface area (Å²) in [4.78, 5) is 11.8. The van der Waals surface area contributed by atoms with Crippen LogP contribution >= 0.6 is 11.6 Å². The number of halogens is 1. The van der Waals surface area contributed by atoms with Crippen molar-refractivity contribution in [3.63, 3.8) is 0 Å². The van der Waals surface area contributed by atoms with E-state index in [9.17, 15) is 0 Å². The first-order valence-corrected chi connectivity index (χ1v) is 11.0. The summed E-state index contributed by atoms with van der Waals surface area (Å²) < 4.78 is 11.0. The summed E-state index contributed by atoms with van der Waals surface area (Å²) in [6.07, 6.45) is 4.72. The van der Waals surface area contributed by atoms with Crippen molar-refractivity contribution in [2.45, 2.75) is 25.7 Å². The van der Waals surface area contributed by atoms with Gasteiger partial charge in [0.2, 0.25) is 0 Å². The number of unbranched alkanes of at least 4 members (excludes halogenated alkanes) is 3. The summed E-state index contributed by atoms with van der Waals surface area (Å²) in [5.41, 5.74) is 1.71. The number of hydrogen-bond donors (Lipinski definition) is 1. The molecule has 0 aliphatic heterocycles. The second kappa shape index (κ2) is 11.2. The average molecular weight is 443 g/mol. The number of benzene rings is 2. The van der Waals surface area contributed by atoms with Crippen LogP contribution in [0.15, 0.2) is 36.4 Å². The van der Waals surface area contributed by atoms with Crippen LogP contribution in [0.5, 0.6) is 11.5 Å². The van der Waals surface area contributed by atoms with E-state index in [-0.39, 0.29) is 0 Å². The summed E-state index contributed by atoms with van der Waals surface area (Å²) in [5.74, 6) is 2.74. The molecule has 0 saturated carbocycles. The highest BCUT2D eigenvalue weighted by Crippen LogP contribution is 2.35. The van der Waals surface area contributed by atoms with Crippen molar-refractivity contribution in [1.82, 2.24) is 14.9 Å². The summed E-state index contributed by atoms with van der Waals surface area (Å²) in [7, 11) is 7.49. The average Bonchev–Trinajstić information content (AvgIpc) is 2.77. The number of nitrogens with zero attached hydrogens (tertiary/aromatic N) is 3. The van der Waals surface area contributed by atoms with Gasteiger partial charge in [0.25, 0.3) is 0 Å². The molecule has 0 bridgehead atoms. The Balaban J connectivity index is 1.84. The molecule has 1 aromatic heterocycles. The van der Waals surface area contributed by atoms with Gasteiger partial charge in [-0.15, -0.1) is 0 Å². The van der Waals surface area contributed by atoms with Gasteiger partial charge in [-0.1, -0.05) is 24.4 Å². The van der Waals surface area contributed by atoms with Crippen LogP contribution in [0, 0.1) is 0 Å². The SMILES string of the molecule is COc1cc2nc(-c3ccc(Cl)cc3)nc(NCCCCCCN(C)C)c2cc1OC. The molecule has 0 unspecified atom stereocenters. The molecule has 0 fully saturated rings. The van der Waals surface area contributed by atoms with Crippen LogP contribution in [-0.2, 0) is 0 Å². The van der Waals surface area contributed by atoms with Crippen LogP contribution in [0.2, 0.25) is 5.02 Å². The van der Waals surface area contributed by atoms with Crippen LogP contribution in [0.1, 0.15) is 25.7 Å². The molecule has 0 aliphatic rings. The third-order valence-corrected chi connectivity index (χ3v) is 5.38. The first-order chi connectivity index (χ1) is 15.0. The number of rotatable bonds is 11. The second-order valence-corrected chi connectivity index (χ2v) is 8.21. The maximum absolute atomic E-state index is 6.05. The molecule has 1 N–H and O–H groups in total. The van der Waals surface area contributed by atoms with E-state index in [4.69, 9.17) is 31.0 Å². The van der Waals surface area contributed by atoms with Crippen LogP contribution in [0.4, 0.5) is 5.82 Å². The highest BCUT2D eigenvalue weighted by atomic mass is 35.5. The Morgan fingerprint density at radius 3 is 2.26 bits per heavy atom. The molecule has 2 aromatic carbocycles. The van der Waals surface area contributed by atoms with Crippen molar-refractivity contribution in [3.05, 3.63) is 41.4 Å². The molecule has 3 rings (SSSR count). The zero-order valence-electron chi connectivity index (χ0n) is 18.7. The van der Waals surface area contributed by atoms with Crippen molar-refractivity contribution in [1.29, 1.82) is 0 Å². The highest BCUT2D eigenvalue weighted by Gasteiger charge is 2.14. The lowest BCUT2D eigenvalue weighted by Gasteiger charge is -2.14. The van der Waals surface area contributed by atoms with Gasteiger partial charge in [-0.3, -0.25) is 0 Å². The van der Waals surface area contributed by atoms with Gasteiger partial charge in [0.1, 0.15) is 5.82 Å². The predicted molar refractivity (Wildman–Crippen MR) is 129 cm³/mol. The van der Waals surface area contributed by atoms with Crippen molar-refractivity contribution in [2.75, 3.05) is 46.7 Å². The fourth-order valence-electron chi connectivity index (χ4n) is 3.43. The number of hydrogen-bond acceptors (Lipinski definition) is 6. The zero-order valence-corrected chi connectivity index (χ0v) is 19.5. The Bertz CT molecular complexity index is 993. The lowest BCUT2D eigenvalue weighted by molar-refractivity contribution is 0.356. The van der Waals surface area contributed by atoms with E-state index in [0.717, 1.165) is 41.8 Å². The lowest BCUT2D eigenvalue weighted by atomic mass is 10.1. The minimum Gasteiger partial charge on any atom is -0.493 e. The fraction of sp³-hybridized carbons (Fsp3) is 0.417. The van der Waals surface area contributed by atoms with Crippen molar-refractivity contribution >= 4 is 28.3 Å². The van der Waals surface area contributed by atoms with E-state index in [2.05, 4.69) is 24.3 Å². The smallest absolute Gasteiger partial charge is 0.162 e. The number of aromatic nitrogens is 2. The Kier molecular flexibility index (Phi) is 8.32. The molecular formula is C24H31ClN4O2. The maximum atomic E-state index is 6.05. The summed E-state index contributed by atoms with van der Waals surface area (Å²) in [5, 5.41) is 5.10. The standard InChI is InChI=1S/C24H31ClN4O2/c1-29(2)14-8-6-5-7-13-26-24-19-15-21(30-3)22(31-4)16-20(19)27-23(28-24)17-9-11-18(25)12-10-17/h9-12,15-16H,5-8,13-14H2,1-4H3,(H,26,27,28). The summed E-state index contributed by atoms with van der Waals surface area (Å²) in [6.45, 7) is 1.98. The molecule has 3 aromatic rings. The molecule has 7 heteroatoms. The predicted octanol–water partition coefficient (Wildman–Crippen LogP) is 5.50. The van der Waals surface area contributed by atoms with E-state index < -0.39 is 0 Å². The Morgan fingerprint density at radius 1 is 0.903 bits per heavy atom. The van der Waals surface area contributed by atoms with Crippen LogP contribution in [0.25, 0.3) is 22.3 Å². The highest BCUT2D eigenvalue weighted by molar-refractivity contribution is 6.30. The minimum absolute atomic E-state index is 0.641. The Morgan fingerprint density at radius 2 is 1.58 bits per heavy atom. The largest absolute Gasteiger partial charge is 0.493 e. The molecule has 0 spiro atoms. The molecule has 6 nitrogen and oxygen atoms in total. The van der Waals surface area contributed by atoms with Crippen molar-refractivity contribution in [2.24, 2.45) is 0 Å². The molecule has 1 heterocycles. The summed E-state index contributed by atoms with van der Waals surface area (Å²) >= 11 is 6.05. The Hall–Kier alpha value is -2.57. The van der Waals surface area contributed by atoms with Gasteiger partial charge in [0, 0.05) is 28.6 Å². The van der Waals surface area contributed by atoms with E-state index >= 15 is 0 Å². The number of anilines is 1. The van der Waals surface area contributed by atoms with Gasteiger partial charge in [0.15, 0.2) is 17.3 Å². The first kappa shape index (κ1) is 23.1. The van der Waals surface area contributed by atoms with Gasteiger partial charge in [0.05, 0.1) is 19.7 Å². The van der Waals surface area contributed by atoms with Gasteiger partial charge in [-0.2, -0.15) is 0 Å². The number of methoxy groups -OCH3 is 2. The molecule has 0 radical (unpaired) electrons. The molecule has 0 amide bonds. The van der Waals surface area contributed by atoms with E-state index in [0.29, 0.717) is 22.3 Å². The van der Waals surface area contributed by atoms with Gasteiger partial charge in [-0.05, 0) is 63.8 Å². The minimum atomic E-state index is 0.641. The fourth-order valence-corrected chi connectivity index (χ4v) is 3.56. The van der Waals surface area contributed by atoms with E-state index in [1.165, 1.54) is 19.3 Å². The molecule has 0 atom stereocenters. The topological polar surface area (TPSA) is 59.5 Å². The van der Waals surface area contributed by atoms with E-state index in [1.807, 2.05) is 36.4 Å².